The first-order valence-electron chi connectivity index (χ1n) is 6.17. The largest absolute Gasteiger partial charge is 0.322 e. The van der Waals surface area contributed by atoms with Gasteiger partial charge in [0.25, 0.3) is 5.91 Å². The monoisotopic (exact) mass is 426 g/mol. The Morgan fingerprint density at radius 1 is 1.24 bits per heavy atom. The van der Waals surface area contributed by atoms with Crippen molar-refractivity contribution in [3.63, 3.8) is 0 Å². The fourth-order valence-corrected chi connectivity index (χ4v) is 3.76. The number of halogens is 1. The molecule has 0 aliphatic carbocycles. The van der Waals surface area contributed by atoms with Gasteiger partial charge >= 0.3 is 0 Å². The third kappa shape index (κ3) is 3.38. The quantitative estimate of drug-likeness (QED) is 0.480. The van der Waals surface area contributed by atoms with Crippen LogP contribution in [0.2, 0.25) is 0 Å². The highest BCUT2D eigenvalue weighted by Crippen LogP contribution is 2.30. The number of nitrogens with one attached hydrogen (secondary N) is 1. The van der Waals surface area contributed by atoms with Gasteiger partial charge in [-0.15, -0.1) is 11.3 Å². The van der Waals surface area contributed by atoms with Crippen LogP contribution in [0.15, 0.2) is 46.8 Å². The standard InChI is InChI=1S/C15H11IN2OS2/c1-20-15-18-12-7-6-11(8-13(12)21-15)17-14(19)9-2-4-10(16)5-3-9/h2-8H,1H3,(H,17,19). The fourth-order valence-electron chi connectivity index (χ4n) is 1.87. The minimum absolute atomic E-state index is 0.0969. The number of carbonyl (C=O) groups excluding carboxylic acids is 1. The van der Waals surface area contributed by atoms with Gasteiger partial charge < -0.3 is 5.32 Å². The molecule has 21 heavy (non-hydrogen) atoms. The summed E-state index contributed by atoms with van der Waals surface area (Å²) in [7, 11) is 0. The first-order valence-corrected chi connectivity index (χ1v) is 9.29. The van der Waals surface area contributed by atoms with E-state index in [1.807, 2.05) is 48.7 Å². The van der Waals surface area contributed by atoms with Crippen molar-refractivity contribution < 1.29 is 4.79 Å². The molecule has 0 spiro atoms. The lowest BCUT2D eigenvalue weighted by atomic mass is 10.2. The van der Waals surface area contributed by atoms with Gasteiger partial charge in [-0.1, -0.05) is 11.8 Å². The molecule has 3 nitrogen and oxygen atoms in total. The number of amides is 1. The predicted molar refractivity (Wildman–Crippen MR) is 98.5 cm³/mol. The van der Waals surface area contributed by atoms with Crippen molar-refractivity contribution >= 4 is 67.5 Å². The SMILES string of the molecule is CSc1nc2ccc(NC(=O)c3ccc(I)cc3)cc2s1. The Morgan fingerprint density at radius 3 is 2.71 bits per heavy atom. The van der Waals surface area contributed by atoms with E-state index in [2.05, 4.69) is 32.9 Å². The molecule has 0 radical (unpaired) electrons. The van der Waals surface area contributed by atoms with E-state index in [4.69, 9.17) is 0 Å². The molecule has 0 atom stereocenters. The van der Waals surface area contributed by atoms with Gasteiger partial charge in [-0.3, -0.25) is 4.79 Å². The van der Waals surface area contributed by atoms with E-state index < -0.39 is 0 Å². The summed E-state index contributed by atoms with van der Waals surface area (Å²) >= 11 is 5.49. The lowest BCUT2D eigenvalue weighted by molar-refractivity contribution is 0.102. The molecule has 3 rings (SSSR count). The van der Waals surface area contributed by atoms with Crippen LogP contribution in [0.1, 0.15) is 10.4 Å². The summed E-state index contributed by atoms with van der Waals surface area (Å²) in [5.74, 6) is -0.0969. The molecule has 0 unspecified atom stereocenters. The van der Waals surface area contributed by atoms with E-state index in [1.165, 1.54) is 0 Å². The summed E-state index contributed by atoms with van der Waals surface area (Å²) < 4.78 is 3.23. The zero-order chi connectivity index (χ0) is 14.8. The topological polar surface area (TPSA) is 42.0 Å². The molecule has 0 aliphatic rings. The van der Waals surface area contributed by atoms with Gasteiger partial charge in [0.1, 0.15) is 0 Å². The lowest BCUT2D eigenvalue weighted by Gasteiger charge is -2.05. The number of hydrogen-bond donors (Lipinski definition) is 1. The number of carbonyl (C=O) groups is 1. The maximum Gasteiger partial charge on any atom is 0.255 e. The molecule has 1 amide bonds. The van der Waals surface area contributed by atoms with Crippen LogP contribution in [0.5, 0.6) is 0 Å². The highest BCUT2D eigenvalue weighted by molar-refractivity contribution is 14.1. The van der Waals surface area contributed by atoms with Crippen molar-refractivity contribution in [3.8, 4) is 0 Å². The Morgan fingerprint density at radius 2 is 2.00 bits per heavy atom. The third-order valence-electron chi connectivity index (χ3n) is 2.91. The molecular formula is C15H11IN2OS2. The Hall–Kier alpha value is -1.12. The summed E-state index contributed by atoms with van der Waals surface area (Å²) in [6.07, 6.45) is 2.01. The van der Waals surface area contributed by atoms with Crippen molar-refractivity contribution in [1.82, 2.24) is 4.98 Å². The second-order valence-electron chi connectivity index (χ2n) is 4.33. The maximum atomic E-state index is 12.2. The Labute approximate surface area is 144 Å². The molecule has 0 fully saturated rings. The number of nitrogens with zero attached hydrogens (tertiary/aromatic N) is 1. The molecular weight excluding hydrogens is 415 g/mol. The fraction of sp³-hybridized carbons (Fsp3) is 0.0667. The number of hydrogen-bond acceptors (Lipinski definition) is 4. The predicted octanol–water partition coefficient (Wildman–Crippen LogP) is 4.88. The van der Waals surface area contributed by atoms with Crippen LogP contribution in [-0.4, -0.2) is 17.1 Å². The number of anilines is 1. The van der Waals surface area contributed by atoms with Gasteiger partial charge in [-0.2, -0.15) is 0 Å². The van der Waals surface area contributed by atoms with Crippen molar-refractivity contribution in [2.24, 2.45) is 0 Å². The van der Waals surface area contributed by atoms with Crippen LogP contribution in [-0.2, 0) is 0 Å². The molecule has 0 saturated carbocycles. The van der Waals surface area contributed by atoms with Gasteiger partial charge in [-0.25, -0.2) is 4.98 Å². The molecule has 0 bridgehead atoms. The van der Waals surface area contributed by atoms with E-state index in [9.17, 15) is 4.79 Å². The molecule has 3 aromatic rings. The van der Waals surface area contributed by atoms with Crippen LogP contribution in [0.4, 0.5) is 5.69 Å². The van der Waals surface area contributed by atoms with Crippen LogP contribution < -0.4 is 5.32 Å². The zero-order valence-electron chi connectivity index (χ0n) is 11.1. The first kappa shape index (κ1) is 14.8. The van der Waals surface area contributed by atoms with Crippen molar-refractivity contribution in [3.05, 3.63) is 51.6 Å². The molecule has 2 aromatic carbocycles. The summed E-state index contributed by atoms with van der Waals surface area (Å²) in [6.45, 7) is 0. The summed E-state index contributed by atoms with van der Waals surface area (Å²) in [6, 6.07) is 13.3. The average Bonchev–Trinajstić information content (AvgIpc) is 2.90. The van der Waals surface area contributed by atoms with Gasteiger partial charge in [0.05, 0.1) is 10.2 Å². The number of fused-ring (bicyclic) bond motifs is 1. The molecule has 1 N–H and O–H groups in total. The average molecular weight is 426 g/mol. The molecule has 6 heteroatoms. The molecule has 106 valence electrons. The van der Waals surface area contributed by atoms with E-state index in [0.717, 1.165) is 23.8 Å². The second kappa shape index (κ2) is 6.33. The molecule has 1 aromatic heterocycles. The Balaban J connectivity index is 1.83. The van der Waals surface area contributed by atoms with Crippen LogP contribution in [0.3, 0.4) is 0 Å². The van der Waals surface area contributed by atoms with Crippen LogP contribution >= 0.6 is 45.7 Å². The normalized spacial score (nSPS) is 10.8. The minimum Gasteiger partial charge on any atom is -0.322 e. The first-order chi connectivity index (χ1) is 10.2. The van der Waals surface area contributed by atoms with Gasteiger partial charge in [0, 0.05) is 14.8 Å². The van der Waals surface area contributed by atoms with E-state index in [1.54, 1.807) is 23.1 Å². The van der Waals surface area contributed by atoms with E-state index in [-0.39, 0.29) is 5.91 Å². The second-order valence-corrected chi connectivity index (χ2v) is 7.66. The third-order valence-corrected chi connectivity index (χ3v) is 5.63. The number of thioether (sulfide) groups is 1. The minimum atomic E-state index is -0.0969. The lowest BCUT2D eigenvalue weighted by Crippen LogP contribution is -2.11. The smallest absolute Gasteiger partial charge is 0.255 e. The summed E-state index contributed by atoms with van der Waals surface area (Å²) in [5, 5.41) is 2.93. The molecule has 0 saturated heterocycles. The number of rotatable bonds is 3. The summed E-state index contributed by atoms with van der Waals surface area (Å²) in [4.78, 5) is 16.7. The van der Waals surface area contributed by atoms with Crippen LogP contribution in [0.25, 0.3) is 10.2 Å². The van der Waals surface area contributed by atoms with Gasteiger partial charge in [0.15, 0.2) is 4.34 Å². The van der Waals surface area contributed by atoms with Crippen molar-refractivity contribution in [2.75, 3.05) is 11.6 Å². The molecule has 0 aliphatic heterocycles. The zero-order valence-corrected chi connectivity index (χ0v) is 14.9. The van der Waals surface area contributed by atoms with E-state index >= 15 is 0 Å². The number of aromatic nitrogens is 1. The maximum absolute atomic E-state index is 12.2. The molecule has 1 heterocycles. The number of thiazole rings is 1. The Kier molecular flexibility index (Phi) is 4.46. The Bertz CT molecular complexity index is 799. The van der Waals surface area contributed by atoms with Crippen molar-refractivity contribution in [2.45, 2.75) is 4.34 Å². The van der Waals surface area contributed by atoms with E-state index in [0.29, 0.717) is 5.56 Å². The highest BCUT2D eigenvalue weighted by atomic mass is 127. The van der Waals surface area contributed by atoms with Gasteiger partial charge in [0.2, 0.25) is 0 Å². The van der Waals surface area contributed by atoms with Crippen LogP contribution in [0, 0.1) is 3.57 Å². The van der Waals surface area contributed by atoms with Crippen molar-refractivity contribution in [1.29, 1.82) is 0 Å². The van der Waals surface area contributed by atoms with Gasteiger partial charge in [-0.05, 0) is 71.3 Å². The number of benzene rings is 2. The highest BCUT2D eigenvalue weighted by Gasteiger charge is 2.08. The summed E-state index contributed by atoms with van der Waals surface area (Å²) in [5.41, 5.74) is 2.42.